The minimum Gasteiger partial charge on any atom is -0.493 e. The first-order valence-electron chi connectivity index (χ1n) is 9.98. The number of benzene rings is 2. The average Bonchev–Trinajstić information content (AvgIpc) is 2.79. The van der Waals surface area contributed by atoms with Crippen molar-refractivity contribution in [3.63, 3.8) is 0 Å². The number of amides is 2. The Bertz CT molecular complexity index is 1000. The fraction of sp³-hybridized carbons (Fsp3) is 0.304. The van der Waals surface area contributed by atoms with Gasteiger partial charge in [-0.05, 0) is 36.8 Å². The van der Waals surface area contributed by atoms with Crippen molar-refractivity contribution in [2.45, 2.75) is 13.5 Å². The van der Waals surface area contributed by atoms with Crippen molar-refractivity contribution in [3.8, 4) is 11.5 Å². The molecule has 0 saturated carbocycles. The van der Waals surface area contributed by atoms with Crippen LogP contribution < -0.4 is 14.8 Å². The van der Waals surface area contributed by atoms with Gasteiger partial charge in [0.25, 0.3) is 5.91 Å². The van der Waals surface area contributed by atoms with E-state index < -0.39 is 12.5 Å². The zero-order valence-electron chi connectivity index (χ0n) is 17.8. The molecule has 3 rings (SSSR count). The first kappa shape index (κ1) is 23.2. The smallest absolute Gasteiger partial charge is 0.387 e. The number of hydrogen-bond acceptors (Lipinski definition) is 5. The Morgan fingerprint density at radius 2 is 1.88 bits per heavy atom. The van der Waals surface area contributed by atoms with E-state index in [-0.39, 0.29) is 23.0 Å². The lowest BCUT2D eigenvalue weighted by atomic mass is 10.0. The van der Waals surface area contributed by atoms with Crippen molar-refractivity contribution in [1.29, 1.82) is 0 Å². The van der Waals surface area contributed by atoms with Gasteiger partial charge >= 0.3 is 6.61 Å². The van der Waals surface area contributed by atoms with Gasteiger partial charge in [0.05, 0.1) is 20.3 Å². The van der Waals surface area contributed by atoms with Gasteiger partial charge in [0.1, 0.15) is 0 Å². The van der Waals surface area contributed by atoms with Crippen LogP contribution in [0.3, 0.4) is 0 Å². The maximum Gasteiger partial charge on any atom is 0.387 e. The van der Waals surface area contributed by atoms with Gasteiger partial charge in [-0.3, -0.25) is 9.59 Å². The van der Waals surface area contributed by atoms with E-state index in [0.29, 0.717) is 43.1 Å². The number of hydrogen-bond donors (Lipinski definition) is 1. The summed E-state index contributed by atoms with van der Waals surface area (Å²) in [6.45, 7) is 0.731. The summed E-state index contributed by atoms with van der Waals surface area (Å²) in [4.78, 5) is 27.0. The van der Waals surface area contributed by atoms with Crippen LogP contribution in [0.1, 0.15) is 21.5 Å². The summed E-state index contributed by atoms with van der Waals surface area (Å²) in [7, 11) is 1.34. The Hall–Kier alpha value is -3.46. The predicted molar refractivity (Wildman–Crippen MR) is 115 cm³/mol. The third-order valence-corrected chi connectivity index (χ3v) is 4.97. The molecule has 2 aromatic carbocycles. The molecule has 0 unspecified atom stereocenters. The summed E-state index contributed by atoms with van der Waals surface area (Å²) in [5.74, 6) is -0.654. The van der Waals surface area contributed by atoms with Crippen molar-refractivity contribution in [2.75, 3.05) is 38.7 Å². The molecule has 2 amide bonds. The van der Waals surface area contributed by atoms with Crippen LogP contribution in [-0.4, -0.2) is 56.7 Å². The second kappa shape index (κ2) is 10.7. The molecule has 0 atom stereocenters. The number of ether oxygens (including phenoxy) is 3. The Kier molecular flexibility index (Phi) is 7.77. The van der Waals surface area contributed by atoms with Gasteiger partial charge in [-0.15, -0.1) is 0 Å². The lowest BCUT2D eigenvalue weighted by molar-refractivity contribution is -0.111. The van der Waals surface area contributed by atoms with E-state index in [4.69, 9.17) is 9.47 Å². The fourth-order valence-electron chi connectivity index (χ4n) is 3.32. The number of para-hydroxylation sites is 1. The van der Waals surface area contributed by atoms with Crippen molar-refractivity contribution >= 4 is 23.6 Å². The number of nitrogens with one attached hydrogen (secondary N) is 1. The van der Waals surface area contributed by atoms with Crippen LogP contribution in [0.25, 0.3) is 6.08 Å². The molecule has 1 fully saturated rings. The first-order valence-corrected chi connectivity index (χ1v) is 9.98. The monoisotopic (exact) mass is 446 g/mol. The maximum atomic E-state index is 12.8. The lowest BCUT2D eigenvalue weighted by Gasteiger charge is -2.27. The largest absolute Gasteiger partial charge is 0.493 e. The van der Waals surface area contributed by atoms with Crippen LogP contribution in [0, 0.1) is 6.92 Å². The number of rotatable bonds is 7. The predicted octanol–water partition coefficient (Wildman–Crippen LogP) is 3.73. The van der Waals surface area contributed by atoms with E-state index >= 15 is 0 Å². The molecule has 1 N–H and O–H groups in total. The summed E-state index contributed by atoms with van der Waals surface area (Å²) < 4.78 is 40.4. The number of morpholine rings is 1. The van der Waals surface area contributed by atoms with Gasteiger partial charge in [-0.25, -0.2) is 0 Å². The van der Waals surface area contributed by atoms with Crippen LogP contribution in [0.4, 0.5) is 14.5 Å². The van der Waals surface area contributed by atoms with E-state index in [0.717, 1.165) is 0 Å². The van der Waals surface area contributed by atoms with Crippen molar-refractivity contribution in [1.82, 2.24) is 4.90 Å². The van der Waals surface area contributed by atoms with E-state index in [1.807, 2.05) is 0 Å². The number of nitrogens with zero attached hydrogens (tertiary/aromatic N) is 1. The number of halogens is 2. The van der Waals surface area contributed by atoms with Gasteiger partial charge in [0, 0.05) is 36.0 Å². The van der Waals surface area contributed by atoms with Gasteiger partial charge in [-0.1, -0.05) is 18.2 Å². The van der Waals surface area contributed by atoms with Gasteiger partial charge in [0.15, 0.2) is 11.5 Å². The highest BCUT2D eigenvalue weighted by molar-refractivity contribution is 6.04. The summed E-state index contributed by atoms with van der Waals surface area (Å²) in [5, 5.41) is 2.73. The minimum atomic E-state index is -3.04. The van der Waals surface area contributed by atoms with E-state index in [9.17, 15) is 18.4 Å². The lowest BCUT2D eigenvalue weighted by Crippen LogP contribution is -2.41. The topological polar surface area (TPSA) is 77.1 Å². The van der Waals surface area contributed by atoms with Gasteiger partial charge in [-0.2, -0.15) is 8.78 Å². The van der Waals surface area contributed by atoms with Crippen molar-refractivity contribution in [3.05, 3.63) is 59.2 Å². The van der Waals surface area contributed by atoms with Crippen LogP contribution in [0.5, 0.6) is 11.5 Å². The molecule has 1 aliphatic rings. The SMILES string of the molecule is COc1cccc(/C=C/C(=O)Nc2cccc(C(=O)N3CCOCC3)c2C)c1OC(F)F. The molecule has 170 valence electrons. The third kappa shape index (κ3) is 5.61. The molecule has 1 aliphatic heterocycles. The first-order chi connectivity index (χ1) is 15.4. The zero-order chi connectivity index (χ0) is 23.1. The van der Waals surface area contributed by atoms with Crippen LogP contribution in [-0.2, 0) is 9.53 Å². The highest BCUT2D eigenvalue weighted by atomic mass is 19.3. The molecular formula is C23H24F2N2O5. The summed E-state index contributed by atoms with van der Waals surface area (Å²) in [6.07, 6.45) is 2.55. The highest BCUT2D eigenvalue weighted by Crippen LogP contribution is 2.33. The van der Waals surface area contributed by atoms with Crippen LogP contribution in [0.2, 0.25) is 0 Å². The zero-order valence-corrected chi connectivity index (χ0v) is 17.8. The molecule has 0 aliphatic carbocycles. The van der Waals surface area contributed by atoms with E-state index in [1.54, 1.807) is 36.1 Å². The molecular weight excluding hydrogens is 422 g/mol. The number of anilines is 1. The molecule has 0 radical (unpaired) electrons. The number of alkyl halides is 2. The molecule has 1 heterocycles. The summed E-state index contributed by atoms with van der Waals surface area (Å²) >= 11 is 0. The molecule has 0 aromatic heterocycles. The second-order valence-electron chi connectivity index (χ2n) is 6.96. The second-order valence-corrected chi connectivity index (χ2v) is 6.96. The molecule has 0 bridgehead atoms. The fourth-order valence-corrected chi connectivity index (χ4v) is 3.32. The quantitative estimate of drug-likeness (QED) is 0.656. The minimum absolute atomic E-state index is 0.123. The Labute approximate surface area is 184 Å². The number of carbonyl (C=O) groups is 2. The normalized spacial score (nSPS) is 14.0. The Balaban J connectivity index is 1.76. The number of methoxy groups -OCH3 is 1. The average molecular weight is 446 g/mol. The molecule has 0 spiro atoms. The van der Waals surface area contributed by atoms with Gasteiger partial charge in [0.2, 0.25) is 5.91 Å². The molecule has 32 heavy (non-hydrogen) atoms. The number of carbonyl (C=O) groups excluding carboxylic acids is 2. The van der Waals surface area contributed by atoms with E-state index in [1.165, 1.54) is 31.4 Å². The van der Waals surface area contributed by atoms with Crippen LogP contribution >= 0.6 is 0 Å². The van der Waals surface area contributed by atoms with Gasteiger partial charge < -0.3 is 24.4 Å². The highest BCUT2D eigenvalue weighted by Gasteiger charge is 2.21. The summed E-state index contributed by atoms with van der Waals surface area (Å²) in [6, 6.07) is 9.69. The third-order valence-electron chi connectivity index (χ3n) is 4.97. The van der Waals surface area contributed by atoms with Crippen molar-refractivity contribution in [2.24, 2.45) is 0 Å². The van der Waals surface area contributed by atoms with E-state index in [2.05, 4.69) is 10.1 Å². The standard InChI is InChI=1S/C23H24F2N2O5/c1-15-17(22(29)27-11-13-31-14-12-27)6-4-7-18(15)26-20(28)10-9-16-5-3-8-19(30-2)21(16)32-23(24)25/h3-10,23H,11-14H2,1-2H3,(H,26,28)/b10-9+. The Morgan fingerprint density at radius 3 is 2.56 bits per heavy atom. The van der Waals surface area contributed by atoms with Crippen LogP contribution in [0.15, 0.2) is 42.5 Å². The molecule has 7 nitrogen and oxygen atoms in total. The van der Waals surface area contributed by atoms with Crippen molar-refractivity contribution < 1.29 is 32.6 Å². The summed E-state index contributed by atoms with van der Waals surface area (Å²) in [5.41, 5.74) is 1.86. The molecule has 9 heteroatoms. The maximum absolute atomic E-state index is 12.8. The molecule has 2 aromatic rings. The Morgan fingerprint density at radius 1 is 1.16 bits per heavy atom. The molecule has 1 saturated heterocycles.